The maximum Gasteiger partial charge on any atom is 0.311 e. The Morgan fingerprint density at radius 3 is 1.96 bits per heavy atom. The van der Waals surface area contributed by atoms with E-state index in [-0.39, 0.29) is 12.3 Å². The Bertz CT molecular complexity index is 394. The molecule has 0 heterocycles. The van der Waals surface area contributed by atoms with Crippen LogP contribution in [0.5, 0.6) is 0 Å². The Kier molecular flexibility index (Phi) is 14.1. The van der Waals surface area contributed by atoms with Crippen LogP contribution in [0.25, 0.3) is 0 Å². The molecule has 0 fully saturated rings. The van der Waals surface area contributed by atoms with Gasteiger partial charge in [0.1, 0.15) is 0 Å². The molecule has 0 amide bonds. The van der Waals surface area contributed by atoms with Gasteiger partial charge in [0.25, 0.3) is 0 Å². The molecule has 0 aromatic rings. The van der Waals surface area contributed by atoms with Crippen LogP contribution in [0, 0.1) is 11.8 Å². The lowest BCUT2D eigenvalue weighted by Crippen LogP contribution is -2.22. The van der Waals surface area contributed by atoms with Crippen LogP contribution in [0.1, 0.15) is 84.0 Å². The maximum atomic E-state index is 11.5. The van der Waals surface area contributed by atoms with Crippen molar-refractivity contribution in [2.45, 2.75) is 84.0 Å². The first-order valence-corrected chi connectivity index (χ1v) is 9.33. The molecule has 2 unspecified atom stereocenters. The predicted octanol–water partition coefficient (Wildman–Crippen LogP) is 5.43. The van der Waals surface area contributed by atoms with Crippen LogP contribution in [-0.2, 0) is 9.59 Å². The summed E-state index contributed by atoms with van der Waals surface area (Å²) in [6.07, 6.45) is 13.0. The van der Waals surface area contributed by atoms with Gasteiger partial charge >= 0.3 is 11.9 Å². The van der Waals surface area contributed by atoms with E-state index >= 15 is 0 Å². The van der Waals surface area contributed by atoms with E-state index in [4.69, 9.17) is 5.11 Å². The van der Waals surface area contributed by atoms with Gasteiger partial charge in [-0.05, 0) is 31.3 Å². The summed E-state index contributed by atoms with van der Waals surface area (Å²) >= 11 is 0. The maximum absolute atomic E-state index is 11.5. The van der Waals surface area contributed by atoms with Crippen molar-refractivity contribution in [2.24, 2.45) is 11.8 Å². The van der Waals surface area contributed by atoms with E-state index in [2.05, 4.69) is 19.2 Å². The van der Waals surface area contributed by atoms with Gasteiger partial charge in [-0.15, -0.1) is 5.73 Å². The Labute approximate surface area is 146 Å². The van der Waals surface area contributed by atoms with Crippen LogP contribution in [0.15, 0.2) is 18.4 Å². The van der Waals surface area contributed by atoms with E-state index in [1.807, 2.05) is 0 Å². The molecule has 2 atom stereocenters. The zero-order chi connectivity index (χ0) is 18.2. The van der Waals surface area contributed by atoms with Crippen LogP contribution in [0.2, 0.25) is 0 Å². The Hall–Kier alpha value is -1.54. The van der Waals surface area contributed by atoms with Crippen molar-refractivity contribution in [1.29, 1.82) is 0 Å². The lowest BCUT2D eigenvalue weighted by Gasteiger charge is -2.21. The zero-order valence-corrected chi connectivity index (χ0v) is 15.1. The van der Waals surface area contributed by atoms with Gasteiger partial charge < -0.3 is 10.2 Å². The minimum atomic E-state index is -0.796. The Morgan fingerprint density at radius 1 is 0.958 bits per heavy atom. The van der Waals surface area contributed by atoms with Crippen LogP contribution in [0.4, 0.5) is 0 Å². The molecule has 0 aliphatic rings. The SMILES string of the molecule is C=C=CC(C(=O)O)C(CCCCCCC)CCCCCCC(=O)O. The van der Waals surface area contributed by atoms with Gasteiger partial charge in [0, 0.05) is 6.42 Å². The molecular formula is C20H34O4. The number of unbranched alkanes of at least 4 members (excludes halogenated alkanes) is 7. The van der Waals surface area contributed by atoms with Crippen molar-refractivity contribution in [3.63, 3.8) is 0 Å². The highest BCUT2D eigenvalue weighted by atomic mass is 16.4. The zero-order valence-electron chi connectivity index (χ0n) is 15.1. The molecule has 0 rings (SSSR count). The monoisotopic (exact) mass is 338 g/mol. The number of hydrogen-bond donors (Lipinski definition) is 2. The van der Waals surface area contributed by atoms with Gasteiger partial charge in [0.15, 0.2) is 0 Å². The molecule has 0 aromatic carbocycles. The molecule has 4 heteroatoms. The Morgan fingerprint density at radius 2 is 1.50 bits per heavy atom. The number of hydrogen-bond acceptors (Lipinski definition) is 2. The van der Waals surface area contributed by atoms with Gasteiger partial charge in [-0.3, -0.25) is 9.59 Å². The van der Waals surface area contributed by atoms with Crippen molar-refractivity contribution in [2.75, 3.05) is 0 Å². The smallest absolute Gasteiger partial charge is 0.311 e. The molecule has 0 saturated carbocycles. The summed E-state index contributed by atoms with van der Waals surface area (Å²) in [5.41, 5.74) is 2.64. The number of carbonyl (C=O) groups is 2. The summed E-state index contributed by atoms with van der Waals surface area (Å²) < 4.78 is 0. The first-order chi connectivity index (χ1) is 11.5. The molecule has 0 aromatic heterocycles. The molecule has 0 aliphatic heterocycles. The summed E-state index contributed by atoms with van der Waals surface area (Å²) in [6.45, 7) is 5.71. The highest BCUT2D eigenvalue weighted by molar-refractivity contribution is 5.72. The number of carboxylic acids is 2. The van der Waals surface area contributed by atoms with E-state index in [9.17, 15) is 14.7 Å². The molecule has 24 heavy (non-hydrogen) atoms. The fraction of sp³-hybridized carbons (Fsp3) is 0.750. The van der Waals surface area contributed by atoms with E-state index in [0.29, 0.717) is 6.42 Å². The third-order valence-electron chi connectivity index (χ3n) is 4.48. The summed E-state index contributed by atoms with van der Waals surface area (Å²) in [5.74, 6) is -1.93. The first kappa shape index (κ1) is 22.5. The average Bonchev–Trinajstić information content (AvgIpc) is 2.53. The number of aliphatic carboxylic acids is 2. The molecule has 2 N–H and O–H groups in total. The molecule has 0 radical (unpaired) electrons. The summed E-state index contributed by atoms with van der Waals surface area (Å²) in [6, 6.07) is 0. The fourth-order valence-corrected chi connectivity index (χ4v) is 3.09. The lowest BCUT2D eigenvalue weighted by molar-refractivity contribution is -0.142. The fourth-order valence-electron chi connectivity index (χ4n) is 3.09. The molecular weight excluding hydrogens is 304 g/mol. The second kappa shape index (κ2) is 15.0. The van der Waals surface area contributed by atoms with Crippen LogP contribution in [0.3, 0.4) is 0 Å². The topological polar surface area (TPSA) is 74.6 Å². The molecule has 0 aliphatic carbocycles. The minimum absolute atomic E-state index is 0.123. The normalized spacial score (nSPS) is 13.0. The van der Waals surface area contributed by atoms with Crippen molar-refractivity contribution < 1.29 is 19.8 Å². The summed E-state index contributed by atoms with van der Waals surface area (Å²) in [5, 5.41) is 18.1. The molecule has 0 saturated heterocycles. The van der Waals surface area contributed by atoms with Gasteiger partial charge in [-0.2, -0.15) is 0 Å². The van der Waals surface area contributed by atoms with Gasteiger partial charge in [0.2, 0.25) is 0 Å². The molecule has 4 nitrogen and oxygen atoms in total. The summed E-state index contributed by atoms with van der Waals surface area (Å²) in [7, 11) is 0. The van der Waals surface area contributed by atoms with Crippen molar-refractivity contribution in [3.05, 3.63) is 18.4 Å². The quantitative estimate of drug-likeness (QED) is 0.291. The van der Waals surface area contributed by atoms with Crippen LogP contribution >= 0.6 is 0 Å². The second-order valence-electron chi connectivity index (χ2n) is 6.54. The largest absolute Gasteiger partial charge is 0.481 e. The lowest BCUT2D eigenvalue weighted by atomic mass is 9.83. The summed E-state index contributed by atoms with van der Waals surface area (Å²) in [4.78, 5) is 22.0. The van der Waals surface area contributed by atoms with Crippen LogP contribution in [-0.4, -0.2) is 22.2 Å². The van der Waals surface area contributed by atoms with Crippen molar-refractivity contribution in [1.82, 2.24) is 0 Å². The van der Waals surface area contributed by atoms with E-state index in [0.717, 1.165) is 44.9 Å². The highest BCUT2D eigenvalue weighted by Gasteiger charge is 2.25. The van der Waals surface area contributed by atoms with Crippen molar-refractivity contribution in [3.8, 4) is 0 Å². The third-order valence-corrected chi connectivity index (χ3v) is 4.48. The van der Waals surface area contributed by atoms with Crippen molar-refractivity contribution >= 4 is 11.9 Å². The average molecular weight is 338 g/mol. The standard InChI is InChI=1S/C20H34O4/c1-3-5-6-7-10-14-17(18(13-4-2)20(23)24)15-11-8-9-12-16-19(21)22/h13,17-18H,2-3,5-12,14-16H2,1H3,(H,21,22)(H,23,24). The first-order valence-electron chi connectivity index (χ1n) is 9.33. The minimum Gasteiger partial charge on any atom is -0.481 e. The van der Waals surface area contributed by atoms with E-state index in [1.165, 1.54) is 19.3 Å². The third kappa shape index (κ3) is 12.0. The predicted molar refractivity (Wildman–Crippen MR) is 97.0 cm³/mol. The second-order valence-corrected chi connectivity index (χ2v) is 6.54. The van der Waals surface area contributed by atoms with Gasteiger partial charge in [-0.25, -0.2) is 0 Å². The molecule has 0 spiro atoms. The molecule has 0 bridgehead atoms. The van der Waals surface area contributed by atoms with E-state index in [1.54, 1.807) is 6.08 Å². The number of carboxylic acid groups (broad SMARTS) is 2. The van der Waals surface area contributed by atoms with E-state index < -0.39 is 17.9 Å². The van der Waals surface area contributed by atoms with Crippen LogP contribution < -0.4 is 0 Å². The van der Waals surface area contributed by atoms with Gasteiger partial charge in [0.05, 0.1) is 5.92 Å². The number of rotatable bonds is 16. The Balaban J connectivity index is 4.32. The highest BCUT2D eigenvalue weighted by Crippen LogP contribution is 2.27. The van der Waals surface area contributed by atoms with Gasteiger partial charge in [-0.1, -0.05) is 64.9 Å². The molecule has 138 valence electrons.